The summed E-state index contributed by atoms with van der Waals surface area (Å²) in [4.78, 5) is 0. The molecule has 0 bridgehead atoms. The first-order valence-corrected chi connectivity index (χ1v) is 4.23. The molecule has 0 aliphatic carbocycles. The fraction of sp³-hybridized carbons (Fsp3) is 0.167. The van der Waals surface area contributed by atoms with Crippen LogP contribution >= 0.6 is 0 Å². The number of methoxy groups -OCH3 is 1. The van der Waals surface area contributed by atoms with E-state index in [-0.39, 0.29) is 6.61 Å². The molecular weight excluding hydrogens is 176 g/mol. The van der Waals surface area contributed by atoms with Gasteiger partial charge in [-0.25, -0.2) is 0 Å². The number of rotatable bonds is 4. The van der Waals surface area contributed by atoms with Gasteiger partial charge in [-0.15, -0.1) is 6.42 Å². The molecule has 1 rings (SSSR count). The lowest BCUT2D eigenvalue weighted by atomic mass is 10.2. The molecule has 0 amide bonds. The zero-order chi connectivity index (χ0) is 10.2. The van der Waals surface area contributed by atoms with Gasteiger partial charge in [0, 0.05) is 5.56 Å². The SMILES string of the molecule is C#CCOc1ccccc1/C=C/OC. The largest absolute Gasteiger partial charge is 0.504 e. The highest BCUT2D eigenvalue weighted by molar-refractivity contribution is 5.56. The van der Waals surface area contributed by atoms with Crippen LogP contribution in [0.1, 0.15) is 5.56 Å². The predicted molar refractivity (Wildman–Crippen MR) is 56.8 cm³/mol. The van der Waals surface area contributed by atoms with Crippen LogP contribution in [0.2, 0.25) is 0 Å². The monoisotopic (exact) mass is 188 g/mol. The molecule has 0 spiro atoms. The van der Waals surface area contributed by atoms with E-state index in [9.17, 15) is 0 Å². The van der Waals surface area contributed by atoms with Crippen LogP contribution in [0.5, 0.6) is 5.75 Å². The van der Waals surface area contributed by atoms with Crippen molar-refractivity contribution in [3.63, 3.8) is 0 Å². The smallest absolute Gasteiger partial charge is 0.148 e. The molecule has 0 radical (unpaired) electrons. The average Bonchev–Trinajstić information content (AvgIpc) is 2.24. The first-order valence-electron chi connectivity index (χ1n) is 4.23. The molecule has 0 saturated carbocycles. The molecule has 72 valence electrons. The van der Waals surface area contributed by atoms with Crippen LogP contribution in [0.4, 0.5) is 0 Å². The lowest BCUT2D eigenvalue weighted by Gasteiger charge is -2.05. The maximum absolute atomic E-state index is 5.34. The molecule has 0 unspecified atom stereocenters. The molecule has 0 atom stereocenters. The number of benzene rings is 1. The van der Waals surface area contributed by atoms with Gasteiger partial charge < -0.3 is 9.47 Å². The topological polar surface area (TPSA) is 18.5 Å². The minimum Gasteiger partial charge on any atom is -0.504 e. The molecule has 0 N–H and O–H groups in total. The molecule has 14 heavy (non-hydrogen) atoms. The minimum absolute atomic E-state index is 0.276. The van der Waals surface area contributed by atoms with Crippen molar-refractivity contribution >= 4 is 6.08 Å². The van der Waals surface area contributed by atoms with Crippen molar-refractivity contribution in [3.05, 3.63) is 36.1 Å². The van der Waals surface area contributed by atoms with Crippen LogP contribution in [0.15, 0.2) is 30.5 Å². The van der Waals surface area contributed by atoms with Gasteiger partial charge in [0.2, 0.25) is 0 Å². The Bertz CT molecular complexity index is 348. The van der Waals surface area contributed by atoms with E-state index < -0.39 is 0 Å². The lowest BCUT2D eigenvalue weighted by Crippen LogP contribution is -1.94. The van der Waals surface area contributed by atoms with E-state index >= 15 is 0 Å². The summed E-state index contributed by atoms with van der Waals surface area (Å²) in [6, 6.07) is 7.63. The Morgan fingerprint density at radius 3 is 2.93 bits per heavy atom. The molecule has 0 aromatic heterocycles. The van der Waals surface area contributed by atoms with Crippen LogP contribution in [0.3, 0.4) is 0 Å². The fourth-order valence-electron chi connectivity index (χ4n) is 1.01. The normalized spacial score (nSPS) is 9.71. The lowest BCUT2D eigenvalue weighted by molar-refractivity contribution is 0.340. The van der Waals surface area contributed by atoms with Crippen molar-refractivity contribution in [3.8, 4) is 18.1 Å². The maximum Gasteiger partial charge on any atom is 0.148 e. The summed E-state index contributed by atoms with van der Waals surface area (Å²) in [6.07, 6.45) is 8.53. The maximum atomic E-state index is 5.34. The van der Waals surface area contributed by atoms with E-state index in [0.29, 0.717) is 0 Å². The van der Waals surface area contributed by atoms with Gasteiger partial charge in [0.25, 0.3) is 0 Å². The molecule has 0 fully saturated rings. The van der Waals surface area contributed by atoms with E-state index in [4.69, 9.17) is 15.9 Å². The summed E-state index contributed by atoms with van der Waals surface area (Å²) in [5, 5.41) is 0. The Morgan fingerprint density at radius 2 is 2.21 bits per heavy atom. The third-order valence-corrected chi connectivity index (χ3v) is 1.61. The van der Waals surface area contributed by atoms with Crippen molar-refractivity contribution in [2.75, 3.05) is 13.7 Å². The first kappa shape index (κ1) is 10.2. The summed E-state index contributed by atoms with van der Waals surface area (Å²) in [7, 11) is 1.60. The second-order valence-electron chi connectivity index (χ2n) is 2.57. The van der Waals surface area contributed by atoms with E-state index in [0.717, 1.165) is 11.3 Å². The Labute approximate surface area is 84.2 Å². The van der Waals surface area contributed by atoms with Crippen LogP contribution in [-0.2, 0) is 4.74 Å². The van der Waals surface area contributed by atoms with Gasteiger partial charge in [-0.2, -0.15) is 0 Å². The van der Waals surface area contributed by atoms with Gasteiger partial charge in [0.1, 0.15) is 12.4 Å². The van der Waals surface area contributed by atoms with Gasteiger partial charge in [-0.05, 0) is 12.1 Å². The highest BCUT2D eigenvalue weighted by Gasteiger charge is 1.97. The summed E-state index contributed by atoms with van der Waals surface area (Å²) in [5.74, 6) is 3.18. The van der Waals surface area contributed by atoms with Gasteiger partial charge in [-0.1, -0.05) is 24.1 Å². The standard InChI is InChI=1S/C12H12O2/c1-3-9-14-12-7-5-4-6-11(12)8-10-13-2/h1,4-8,10H,9H2,2H3/b10-8+. The second kappa shape index (κ2) is 5.71. The molecular formula is C12H12O2. The number of para-hydroxylation sites is 1. The number of ether oxygens (including phenoxy) is 2. The second-order valence-corrected chi connectivity index (χ2v) is 2.57. The molecule has 0 aliphatic rings. The van der Waals surface area contributed by atoms with Crippen LogP contribution in [0.25, 0.3) is 6.08 Å². The molecule has 2 heteroatoms. The summed E-state index contributed by atoms with van der Waals surface area (Å²) in [5.41, 5.74) is 0.949. The molecule has 0 saturated heterocycles. The van der Waals surface area contributed by atoms with E-state index in [1.54, 1.807) is 13.4 Å². The molecule has 0 aliphatic heterocycles. The van der Waals surface area contributed by atoms with Crippen molar-refractivity contribution < 1.29 is 9.47 Å². The summed E-state index contributed by atoms with van der Waals surface area (Å²) >= 11 is 0. The van der Waals surface area contributed by atoms with Crippen molar-refractivity contribution in [2.24, 2.45) is 0 Å². The summed E-state index contributed by atoms with van der Waals surface area (Å²) in [6.45, 7) is 0.276. The fourth-order valence-corrected chi connectivity index (χ4v) is 1.01. The zero-order valence-electron chi connectivity index (χ0n) is 8.07. The zero-order valence-corrected chi connectivity index (χ0v) is 8.07. The van der Waals surface area contributed by atoms with E-state index in [2.05, 4.69) is 5.92 Å². The highest BCUT2D eigenvalue weighted by atomic mass is 16.5. The molecule has 1 aromatic carbocycles. The minimum atomic E-state index is 0.276. The van der Waals surface area contributed by atoms with Crippen molar-refractivity contribution in [1.82, 2.24) is 0 Å². The van der Waals surface area contributed by atoms with E-state index in [1.807, 2.05) is 30.3 Å². The summed E-state index contributed by atoms with van der Waals surface area (Å²) < 4.78 is 10.2. The van der Waals surface area contributed by atoms with Crippen molar-refractivity contribution in [2.45, 2.75) is 0 Å². The molecule has 2 nitrogen and oxygen atoms in total. The Kier molecular flexibility index (Phi) is 4.16. The number of hydrogen-bond donors (Lipinski definition) is 0. The van der Waals surface area contributed by atoms with Gasteiger partial charge in [0.15, 0.2) is 0 Å². The van der Waals surface area contributed by atoms with Gasteiger partial charge in [-0.3, -0.25) is 0 Å². The number of terminal acetylenes is 1. The van der Waals surface area contributed by atoms with Gasteiger partial charge >= 0.3 is 0 Å². The Hall–Kier alpha value is -1.88. The Balaban J connectivity index is 2.81. The van der Waals surface area contributed by atoms with Crippen LogP contribution < -0.4 is 4.74 Å². The van der Waals surface area contributed by atoms with Crippen LogP contribution in [0, 0.1) is 12.3 Å². The Morgan fingerprint density at radius 1 is 1.43 bits per heavy atom. The van der Waals surface area contributed by atoms with Gasteiger partial charge in [0.05, 0.1) is 13.4 Å². The quantitative estimate of drug-likeness (QED) is 0.533. The molecule has 0 heterocycles. The average molecular weight is 188 g/mol. The van der Waals surface area contributed by atoms with E-state index in [1.165, 1.54) is 0 Å². The van der Waals surface area contributed by atoms with Crippen molar-refractivity contribution in [1.29, 1.82) is 0 Å². The van der Waals surface area contributed by atoms with Crippen LogP contribution in [-0.4, -0.2) is 13.7 Å². The first-order chi connectivity index (χ1) is 6.88. The third kappa shape index (κ3) is 2.87. The molecule has 1 aromatic rings. The third-order valence-electron chi connectivity index (χ3n) is 1.61. The highest BCUT2D eigenvalue weighted by Crippen LogP contribution is 2.19. The number of hydrogen-bond acceptors (Lipinski definition) is 2. The predicted octanol–water partition coefficient (Wildman–Crippen LogP) is 2.32.